The number of carbonyl (C=O) groups excluding carboxylic acids is 3. The molecule has 1 unspecified atom stereocenters. The zero-order valence-corrected chi connectivity index (χ0v) is 20.1. The minimum absolute atomic E-state index is 0.0121. The first-order valence-corrected chi connectivity index (χ1v) is 12.8. The lowest BCUT2D eigenvalue weighted by Crippen LogP contribution is -2.54. The fraction of sp³-hybridized carbons (Fsp3) is 0.684. The standard InChI is InChI=1S/C19H31N5O5S2/c1-5-10-31(28,29)21-15(3)19(27)22(4)12-18(26)24-8-6-23(7-9-24)17(25)11-16-20-14(2)13-30-16/h13,15,21H,5-12H2,1-4H3. The lowest BCUT2D eigenvalue weighted by atomic mass is 10.2. The van der Waals surface area contributed by atoms with Crippen LogP contribution >= 0.6 is 11.3 Å². The molecule has 3 amide bonds. The minimum Gasteiger partial charge on any atom is -0.339 e. The van der Waals surface area contributed by atoms with Crippen LogP contribution in [0.1, 0.15) is 31.0 Å². The molecule has 1 N–H and O–H groups in total. The number of nitrogens with zero attached hydrogens (tertiary/aromatic N) is 4. The molecule has 1 aliphatic rings. The monoisotopic (exact) mass is 473 g/mol. The van der Waals surface area contributed by atoms with Gasteiger partial charge in [-0.2, -0.15) is 0 Å². The number of nitrogens with one attached hydrogen (secondary N) is 1. The second-order valence-electron chi connectivity index (χ2n) is 7.67. The van der Waals surface area contributed by atoms with Gasteiger partial charge in [0, 0.05) is 44.3 Å². The van der Waals surface area contributed by atoms with E-state index in [1.165, 1.54) is 30.2 Å². The van der Waals surface area contributed by atoms with Crippen LogP contribution in [0.5, 0.6) is 0 Å². The highest BCUT2D eigenvalue weighted by Crippen LogP contribution is 2.12. The maximum Gasteiger partial charge on any atom is 0.242 e. The summed E-state index contributed by atoms with van der Waals surface area (Å²) in [6.45, 7) is 6.58. The molecule has 1 aromatic rings. The predicted octanol–water partition coefficient (Wildman–Crippen LogP) is -0.159. The van der Waals surface area contributed by atoms with Gasteiger partial charge in [-0.15, -0.1) is 11.3 Å². The molecule has 174 valence electrons. The molecule has 0 spiro atoms. The lowest BCUT2D eigenvalue weighted by molar-refractivity contribution is -0.143. The predicted molar refractivity (Wildman–Crippen MR) is 118 cm³/mol. The zero-order chi connectivity index (χ0) is 23.2. The van der Waals surface area contributed by atoms with Crippen LogP contribution in [0, 0.1) is 6.92 Å². The molecule has 1 saturated heterocycles. The van der Waals surface area contributed by atoms with Crippen LogP contribution in [0.15, 0.2) is 5.38 Å². The summed E-state index contributed by atoms with van der Waals surface area (Å²) in [5.41, 5.74) is 0.898. The molecule has 1 aromatic heterocycles. The Morgan fingerprint density at radius 2 is 1.77 bits per heavy atom. The number of likely N-dealkylation sites (N-methyl/N-ethyl adjacent to an activating group) is 1. The molecular formula is C19H31N5O5S2. The Balaban J connectivity index is 1.80. The Labute approximate surface area is 187 Å². The van der Waals surface area contributed by atoms with Crippen molar-refractivity contribution in [2.75, 3.05) is 45.5 Å². The summed E-state index contributed by atoms with van der Waals surface area (Å²) >= 11 is 1.46. The van der Waals surface area contributed by atoms with Gasteiger partial charge < -0.3 is 14.7 Å². The molecule has 1 fully saturated rings. The third-order valence-corrected chi connectivity index (χ3v) is 7.53. The lowest BCUT2D eigenvalue weighted by Gasteiger charge is -2.35. The van der Waals surface area contributed by atoms with Gasteiger partial charge in [0.05, 0.1) is 24.8 Å². The summed E-state index contributed by atoms with van der Waals surface area (Å²) in [6, 6.07) is -0.946. The van der Waals surface area contributed by atoms with Crippen molar-refractivity contribution in [1.29, 1.82) is 0 Å². The average Bonchev–Trinajstić information content (AvgIpc) is 3.11. The SMILES string of the molecule is CCCS(=O)(=O)NC(C)C(=O)N(C)CC(=O)N1CCN(C(=O)Cc2nc(C)cs2)CC1. The van der Waals surface area contributed by atoms with E-state index >= 15 is 0 Å². The molecule has 2 heterocycles. The van der Waals surface area contributed by atoms with Crippen LogP contribution in [-0.2, 0) is 30.8 Å². The van der Waals surface area contributed by atoms with Crippen LogP contribution in [0.2, 0.25) is 0 Å². The molecule has 31 heavy (non-hydrogen) atoms. The van der Waals surface area contributed by atoms with E-state index in [1.54, 1.807) is 16.7 Å². The summed E-state index contributed by atoms with van der Waals surface area (Å²) < 4.78 is 26.0. The number of rotatable bonds is 9. The first-order valence-electron chi connectivity index (χ1n) is 10.2. The number of carbonyl (C=O) groups is 3. The topological polar surface area (TPSA) is 120 Å². The number of aromatic nitrogens is 1. The normalized spacial score (nSPS) is 15.6. The quantitative estimate of drug-likeness (QED) is 0.532. The number of amides is 3. The van der Waals surface area contributed by atoms with Gasteiger partial charge >= 0.3 is 0 Å². The van der Waals surface area contributed by atoms with E-state index in [0.717, 1.165) is 10.7 Å². The molecule has 10 nitrogen and oxygen atoms in total. The van der Waals surface area contributed by atoms with E-state index in [4.69, 9.17) is 0 Å². The van der Waals surface area contributed by atoms with Crippen molar-refractivity contribution in [3.05, 3.63) is 16.1 Å². The van der Waals surface area contributed by atoms with E-state index in [2.05, 4.69) is 9.71 Å². The third kappa shape index (κ3) is 7.54. The van der Waals surface area contributed by atoms with Crippen LogP contribution in [-0.4, -0.2) is 97.4 Å². The maximum atomic E-state index is 12.6. The van der Waals surface area contributed by atoms with Gasteiger partial charge in [0.1, 0.15) is 5.01 Å². The van der Waals surface area contributed by atoms with E-state index < -0.39 is 22.0 Å². The molecule has 2 rings (SSSR count). The van der Waals surface area contributed by atoms with Gasteiger partial charge in [0.2, 0.25) is 27.7 Å². The molecule has 1 aliphatic heterocycles. The summed E-state index contributed by atoms with van der Waals surface area (Å²) in [7, 11) is -2.06. The second-order valence-corrected chi connectivity index (χ2v) is 10.5. The Morgan fingerprint density at radius 1 is 1.19 bits per heavy atom. The van der Waals surface area contributed by atoms with Crippen molar-refractivity contribution < 1.29 is 22.8 Å². The van der Waals surface area contributed by atoms with Crippen molar-refractivity contribution >= 4 is 39.1 Å². The van der Waals surface area contributed by atoms with Gasteiger partial charge in [-0.25, -0.2) is 18.1 Å². The zero-order valence-electron chi connectivity index (χ0n) is 18.5. The average molecular weight is 474 g/mol. The van der Waals surface area contributed by atoms with E-state index in [9.17, 15) is 22.8 Å². The minimum atomic E-state index is -3.53. The largest absolute Gasteiger partial charge is 0.339 e. The fourth-order valence-corrected chi connectivity index (χ4v) is 5.35. The molecule has 0 aliphatic carbocycles. The van der Waals surface area contributed by atoms with Crippen molar-refractivity contribution in [1.82, 2.24) is 24.4 Å². The first kappa shape index (κ1) is 25.2. The highest BCUT2D eigenvalue weighted by atomic mass is 32.2. The van der Waals surface area contributed by atoms with Crippen molar-refractivity contribution in [2.24, 2.45) is 0 Å². The number of sulfonamides is 1. The second kappa shape index (κ2) is 11.0. The van der Waals surface area contributed by atoms with Gasteiger partial charge in [0.15, 0.2) is 0 Å². The maximum absolute atomic E-state index is 12.6. The third-order valence-electron chi connectivity index (χ3n) is 4.90. The number of piperazine rings is 1. The number of hydrogen-bond acceptors (Lipinski definition) is 7. The number of thiazole rings is 1. The Kier molecular flexibility index (Phi) is 8.95. The smallest absolute Gasteiger partial charge is 0.242 e. The summed E-state index contributed by atoms with van der Waals surface area (Å²) in [4.78, 5) is 46.3. The van der Waals surface area contributed by atoms with E-state index in [0.29, 0.717) is 32.6 Å². The molecule has 0 radical (unpaired) electrons. The van der Waals surface area contributed by atoms with Crippen LogP contribution < -0.4 is 4.72 Å². The van der Waals surface area contributed by atoms with Gasteiger partial charge in [-0.05, 0) is 20.3 Å². The molecule has 0 bridgehead atoms. The van der Waals surface area contributed by atoms with Gasteiger partial charge in [-0.3, -0.25) is 14.4 Å². The Bertz CT molecular complexity index is 893. The molecule has 0 saturated carbocycles. The number of hydrogen-bond donors (Lipinski definition) is 1. The molecular weight excluding hydrogens is 442 g/mol. The highest BCUT2D eigenvalue weighted by molar-refractivity contribution is 7.89. The van der Waals surface area contributed by atoms with Gasteiger partial charge in [0.25, 0.3) is 0 Å². The number of aryl methyl sites for hydroxylation is 1. The van der Waals surface area contributed by atoms with E-state index in [1.807, 2.05) is 12.3 Å². The van der Waals surface area contributed by atoms with Crippen molar-refractivity contribution in [3.8, 4) is 0 Å². The fourth-order valence-electron chi connectivity index (χ4n) is 3.29. The summed E-state index contributed by atoms with van der Waals surface area (Å²) in [6.07, 6.45) is 0.706. The van der Waals surface area contributed by atoms with E-state index in [-0.39, 0.29) is 30.5 Å². The van der Waals surface area contributed by atoms with Crippen LogP contribution in [0.3, 0.4) is 0 Å². The summed E-state index contributed by atoms with van der Waals surface area (Å²) in [5, 5.41) is 2.69. The molecule has 1 atom stereocenters. The van der Waals surface area contributed by atoms with Crippen LogP contribution in [0.4, 0.5) is 0 Å². The Morgan fingerprint density at radius 3 is 2.29 bits per heavy atom. The van der Waals surface area contributed by atoms with Crippen molar-refractivity contribution in [2.45, 2.75) is 39.7 Å². The van der Waals surface area contributed by atoms with Crippen LogP contribution in [0.25, 0.3) is 0 Å². The first-order chi connectivity index (χ1) is 14.5. The van der Waals surface area contributed by atoms with Gasteiger partial charge in [-0.1, -0.05) is 6.92 Å². The molecule has 12 heteroatoms. The highest BCUT2D eigenvalue weighted by Gasteiger charge is 2.28. The van der Waals surface area contributed by atoms with Crippen molar-refractivity contribution in [3.63, 3.8) is 0 Å². The summed E-state index contributed by atoms with van der Waals surface area (Å²) in [5.74, 6) is -0.775. The Hall–Kier alpha value is -2.05. The molecule has 0 aromatic carbocycles.